The Kier molecular flexibility index (Phi) is 4.54. The van der Waals surface area contributed by atoms with Crippen molar-refractivity contribution in [1.29, 1.82) is 0 Å². The summed E-state index contributed by atoms with van der Waals surface area (Å²) >= 11 is 7.63. The van der Waals surface area contributed by atoms with Crippen LogP contribution in [0.1, 0.15) is 9.75 Å². The first-order chi connectivity index (χ1) is 17.6. The van der Waals surface area contributed by atoms with Crippen LogP contribution in [0.5, 0.6) is 0 Å². The van der Waals surface area contributed by atoms with E-state index in [-0.39, 0.29) is 0 Å². The number of thiophene rings is 4. The molecule has 0 aliphatic carbocycles. The summed E-state index contributed by atoms with van der Waals surface area (Å²) in [5.74, 6) is 0. The molecule has 0 nitrogen and oxygen atoms in total. The summed E-state index contributed by atoms with van der Waals surface area (Å²) < 4.78 is 5.63. The second kappa shape index (κ2) is 7.74. The number of benzene rings is 4. The molecule has 0 aliphatic rings. The minimum absolute atomic E-state index is 1.31. The van der Waals surface area contributed by atoms with E-state index in [1.54, 1.807) is 0 Å². The summed E-state index contributed by atoms with van der Waals surface area (Å²) in [6.07, 6.45) is 0. The molecule has 4 aromatic heterocycles. The molecule has 0 spiro atoms. The van der Waals surface area contributed by atoms with Crippen LogP contribution in [0.4, 0.5) is 0 Å². The number of rotatable bonds is 2. The highest BCUT2D eigenvalue weighted by molar-refractivity contribution is 7.37. The van der Waals surface area contributed by atoms with E-state index >= 15 is 0 Å². The Hall–Kier alpha value is -3.02. The Bertz CT molecular complexity index is 1970. The van der Waals surface area contributed by atoms with Crippen LogP contribution in [0.25, 0.3) is 72.0 Å². The fourth-order valence-corrected chi connectivity index (χ4v) is 9.87. The van der Waals surface area contributed by atoms with Gasteiger partial charge in [0.05, 0.1) is 9.40 Å². The van der Waals surface area contributed by atoms with Gasteiger partial charge < -0.3 is 0 Å². The lowest BCUT2D eigenvalue weighted by atomic mass is 10.0. The molecular formula is C32H20S4. The van der Waals surface area contributed by atoms with Gasteiger partial charge in [-0.25, -0.2) is 0 Å². The van der Waals surface area contributed by atoms with E-state index in [1.807, 2.05) is 45.3 Å². The van der Waals surface area contributed by atoms with E-state index in [4.69, 9.17) is 0 Å². The van der Waals surface area contributed by atoms with Gasteiger partial charge in [0.25, 0.3) is 0 Å². The number of fused-ring (bicyclic) bond motifs is 9. The first-order valence-corrected chi connectivity index (χ1v) is 15.3. The first kappa shape index (κ1) is 21.1. The predicted octanol–water partition coefficient (Wildman–Crippen LogP) is 11.6. The van der Waals surface area contributed by atoms with Gasteiger partial charge in [0, 0.05) is 39.7 Å². The van der Waals surface area contributed by atoms with E-state index in [1.165, 1.54) is 81.8 Å². The zero-order chi connectivity index (χ0) is 24.0. The molecule has 4 heteroatoms. The normalized spacial score (nSPS) is 12.2. The summed E-state index contributed by atoms with van der Waals surface area (Å²) in [5, 5.41) is 8.21. The third kappa shape index (κ3) is 3.09. The fourth-order valence-electron chi connectivity index (χ4n) is 5.39. The standard InChI is InChI=1S/C32H20S4/c1-17-3-11-25(33-17)21-5-9-23-19(15-21)7-13-27-29(23)31-32(35-27)30-24-10-6-22(26-12-4-18(2)34-26)16-20(24)8-14-28(30)36-31/h3-16H,1-2H3. The maximum Gasteiger partial charge on any atom is 0.0548 e. The smallest absolute Gasteiger partial charge is 0.0548 e. The molecule has 0 radical (unpaired) electrons. The van der Waals surface area contributed by atoms with Crippen molar-refractivity contribution in [2.45, 2.75) is 13.8 Å². The van der Waals surface area contributed by atoms with E-state index in [0.717, 1.165) is 0 Å². The summed E-state index contributed by atoms with van der Waals surface area (Å²) in [6.45, 7) is 4.35. The molecule has 8 rings (SSSR count). The van der Waals surface area contributed by atoms with Crippen LogP contribution in [0.15, 0.2) is 84.9 Å². The van der Waals surface area contributed by atoms with Crippen molar-refractivity contribution in [3.05, 3.63) is 94.7 Å². The van der Waals surface area contributed by atoms with E-state index in [9.17, 15) is 0 Å². The van der Waals surface area contributed by atoms with Gasteiger partial charge in [-0.3, -0.25) is 0 Å². The van der Waals surface area contributed by atoms with Crippen LogP contribution >= 0.6 is 45.3 Å². The molecule has 0 amide bonds. The van der Waals surface area contributed by atoms with Crippen molar-refractivity contribution in [3.8, 4) is 20.9 Å². The number of aryl methyl sites for hydroxylation is 2. The molecule has 8 aromatic rings. The Morgan fingerprint density at radius 1 is 0.444 bits per heavy atom. The Morgan fingerprint density at radius 2 is 0.917 bits per heavy atom. The Labute approximate surface area is 224 Å². The molecule has 0 saturated heterocycles. The average Bonchev–Trinajstić information content (AvgIpc) is 3.67. The second-order valence-electron chi connectivity index (χ2n) is 9.43. The molecule has 0 saturated carbocycles. The zero-order valence-electron chi connectivity index (χ0n) is 19.7. The van der Waals surface area contributed by atoms with Gasteiger partial charge in [0.1, 0.15) is 0 Å². The molecule has 0 fully saturated rings. The van der Waals surface area contributed by atoms with Crippen LogP contribution in [0.3, 0.4) is 0 Å². The molecule has 0 bridgehead atoms. The Morgan fingerprint density at radius 3 is 1.33 bits per heavy atom. The van der Waals surface area contributed by atoms with Crippen molar-refractivity contribution < 1.29 is 0 Å². The van der Waals surface area contributed by atoms with Crippen molar-refractivity contribution in [2.24, 2.45) is 0 Å². The van der Waals surface area contributed by atoms with Gasteiger partial charge >= 0.3 is 0 Å². The maximum absolute atomic E-state index is 2.36. The molecule has 172 valence electrons. The fraction of sp³-hybridized carbons (Fsp3) is 0.0625. The van der Waals surface area contributed by atoms with E-state index in [2.05, 4.69) is 98.8 Å². The van der Waals surface area contributed by atoms with Crippen molar-refractivity contribution >= 4 is 96.5 Å². The van der Waals surface area contributed by atoms with Crippen molar-refractivity contribution in [1.82, 2.24) is 0 Å². The second-order valence-corrected chi connectivity index (χ2v) is 14.1. The van der Waals surface area contributed by atoms with Crippen LogP contribution in [-0.2, 0) is 0 Å². The highest BCUT2D eigenvalue weighted by Gasteiger charge is 2.17. The van der Waals surface area contributed by atoms with Crippen LogP contribution in [0, 0.1) is 13.8 Å². The van der Waals surface area contributed by atoms with Crippen LogP contribution in [-0.4, -0.2) is 0 Å². The van der Waals surface area contributed by atoms with Gasteiger partial charge in [-0.1, -0.05) is 36.4 Å². The van der Waals surface area contributed by atoms with Gasteiger partial charge in [-0.05, 0) is 95.1 Å². The highest BCUT2D eigenvalue weighted by atomic mass is 32.1. The summed E-state index contributed by atoms with van der Waals surface area (Å²) in [5.41, 5.74) is 2.62. The lowest BCUT2D eigenvalue weighted by molar-refractivity contribution is 1.64. The minimum atomic E-state index is 1.31. The monoisotopic (exact) mass is 532 g/mol. The minimum Gasteiger partial charge on any atom is -0.141 e. The predicted molar refractivity (Wildman–Crippen MR) is 166 cm³/mol. The number of hydrogen-bond donors (Lipinski definition) is 0. The van der Waals surface area contributed by atoms with Crippen molar-refractivity contribution in [2.75, 3.05) is 0 Å². The molecule has 4 heterocycles. The lowest BCUT2D eigenvalue weighted by Crippen LogP contribution is -1.77. The third-order valence-corrected chi connectivity index (χ3v) is 11.7. The quantitative estimate of drug-likeness (QED) is 0.208. The topological polar surface area (TPSA) is 0 Å². The summed E-state index contributed by atoms with van der Waals surface area (Å²) in [6, 6.07) is 32.2. The van der Waals surface area contributed by atoms with Gasteiger partial charge in [-0.15, -0.1) is 45.3 Å². The Balaban J connectivity index is 1.37. The molecule has 4 aromatic carbocycles. The first-order valence-electron chi connectivity index (χ1n) is 12.0. The molecule has 0 unspecified atom stereocenters. The molecule has 0 N–H and O–H groups in total. The largest absolute Gasteiger partial charge is 0.141 e. The van der Waals surface area contributed by atoms with E-state index in [0.29, 0.717) is 0 Å². The molecular weight excluding hydrogens is 513 g/mol. The molecule has 0 atom stereocenters. The van der Waals surface area contributed by atoms with Gasteiger partial charge in [0.15, 0.2) is 0 Å². The van der Waals surface area contributed by atoms with Crippen LogP contribution < -0.4 is 0 Å². The van der Waals surface area contributed by atoms with E-state index < -0.39 is 0 Å². The molecule has 0 aliphatic heterocycles. The van der Waals surface area contributed by atoms with Crippen LogP contribution in [0.2, 0.25) is 0 Å². The third-order valence-electron chi connectivity index (χ3n) is 7.10. The lowest BCUT2D eigenvalue weighted by Gasteiger charge is -2.04. The zero-order valence-corrected chi connectivity index (χ0v) is 23.0. The number of hydrogen-bond acceptors (Lipinski definition) is 4. The highest BCUT2D eigenvalue weighted by Crippen LogP contribution is 2.49. The SMILES string of the molecule is Cc1ccc(-c2ccc3c(ccc4sc5c(sc6ccc7cc(-c8ccc(C)s8)ccc7c65)c43)c2)s1. The average molecular weight is 533 g/mol. The summed E-state index contributed by atoms with van der Waals surface area (Å²) in [4.78, 5) is 5.40. The summed E-state index contributed by atoms with van der Waals surface area (Å²) in [7, 11) is 0. The van der Waals surface area contributed by atoms with Gasteiger partial charge in [0.2, 0.25) is 0 Å². The van der Waals surface area contributed by atoms with Gasteiger partial charge in [-0.2, -0.15) is 0 Å². The maximum atomic E-state index is 2.36. The molecule has 36 heavy (non-hydrogen) atoms. The van der Waals surface area contributed by atoms with Crippen molar-refractivity contribution in [3.63, 3.8) is 0 Å².